The standard InChI is InChI=1S/C12H14ClNO2/c1-8-6-12(16-14(8)9(2)15)10-4-3-5-11(13)7-10/h3-5,7-8,12H,6H2,1-2H3. The number of carbonyl (C=O) groups is 1. The Labute approximate surface area is 99.9 Å². The van der Waals surface area contributed by atoms with E-state index in [2.05, 4.69) is 0 Å². The third kappa shape index (κ3) is 2.20. The third-order valence-electron chi connectivity index (χ3n) is 2.73. The molecule has 0 N–H and O–H groups in total. The Morgan fingerprint density at radius 2 is 2.31 bits per heavy atom. The van der Waals surface area contributed by atoms with Gasteiger partial charge in [0.05, 0.1) is 6.04 Å². The van der Waals surface area contributed by atoms with E-state index in [0.717, 1.165) is 12.0 Å². The molecule has 1 aromatic rings. The Morgan fingerprint density at radius 3 is 2.88 bits per heavy atom. The van der Waals surface area contributed by atoms with Crippen molar-refractivity contribution in [2.75, 3.05) is 0 Å². The van der Waals surface area contributed by atoms with Crippen LogP contribution in [0.25, 0.3) is 0 Å². The molecule has 0 aromatic heterocycles. The second kappa shape index (κ2) is 4.44. The Bertz CT molecular complexity index is 408. The van der Waals surface area contributed by atoms with Crippen molar-refractivity contribution in [3.63, 3.8) is 0 Å². The smallest absolute Gasteiger partial charge is 0.243 e. The molecule has 1 heterocycles. The van der Waals surface area contributed by atoms with Gasteiger partial charge in [-0.05, 0) is 24.6 Å². The molecule has 0 bridgehead atoms. The maximum absolute atomic E-state index is 11.3. The zero-order valence-electron chi connectivity index (χ0n) is 9.31. The molecule has 1 saturated heterocycles. The molecule has 16 heavy (non-hydrogen) atoms. The SMILES string of the molecule is CC(=O)N1OC(c2cccc(Cl)c2)CC1C. The highest BCUT2D eigenvalue weighted by molar-refractivity contribution is 6.30. The van der Waals surface area contributed by atoms with Crippen LogP contribution >= 0.6 is 11.6 Å². The lowest BCUT2D eigenvalue weighted by Gasteiger charge is -2.17. The number of rotatable bonds is 1. The van der Waals surface area contributed by atoms with Crippen LogP contribution in [0.15, 0.2) is 24.3 Å². The second-order valence-electron chi connectivity index (χ2n) is 4.08. The van der Waals surface area contributed by atoms with Gasteiger partial charge in [-0.3, -0.25) is 9.63 Å². The maximum Gasteiger partial charge on any atom is 0.243 e. The van der Waals surface area contributed by atoms with Crippen LogP contribution in [0.5, 0.6) is 0 Å². The Hall–Kier alpha value is -1.06. The lowest BCUT2D eigenvalue weighted by Crippen LogP contribution is -2.30. The van der Waals surface area contributed by atoms with Crippen LogP contribution < -0.4 is 0 Å². The van der Waals surface area contributed by atoms with E-state index < -0.39 is 0 Å². The highest BCUT2D eigenvalue weighted by Crippen LogP contribution is 2.33. The second-order valence-corrected chi connectivity index (χ2v) is 4.52. The Morgan fingerprint density at radius 1 is 1.56 bits per heavy atom. The van der Waals surface area contributed by atoms with E-state index in [-0.39, 0.29) is 18.1 Å². The molecule has 0 saturated carbocycles. The lowest BCUT2D eigenvalue weighted by molar-refractivity contribution is -0.185. The monoisotopic (exact) mass is 239 g/mol. The van der Waals surface area contributed by atoms with Gasteiger partial charge in [-0.2, -0.15) is 0 Å². The topological polar surface area (TPSA) is 29.5 Å². The average Bonchev–Trinajstić information content (AvgIpc) is 2.60. The first-order chi connectivity index (χ1) is 7.58. The van der Waals surface area contributed by atoms with Gasteiger partial charge in [-0.1, -0.05) is 23.7 Å². The Kier molecular flexibility index (Phi) is 3.17. The molecule has 0 aliphatic carbocycles. The molecule has 2 atom stereocenters. The first-order valence-electron chi connectivity index (χ1n) is 5.30. The summed E-state index contributed by atoms with van der Waals surface area (Å²) < 4.78 is 0. The average molecular weight is 240 g/mol. The third-order valence-corrected chi connectivity index (χ3v) is 2.96. The fourth-order valence-corrected chi connectivity index (χ4v) is 2.18. The van der Waals surface area contributed by atoms with E-state index in [9.17, 15) is 4.79 Å². The van der Waals surface area contributed by atoms with E-state index in [0.29, 0.717) is 5.02 Å². The molecule has 2 rings (SSSR count). The molecule has 3 nitrogen and oxygen atoms in total. The molecule has 86 valence electrons. The summed E-state index contributed by atoms with van der Waals surface area (Å²) in [6.07, 6.45) is 0.734. The highest BCUT2D eigenvalue weighted by Gasteiger charge is 2.33. The van der Waals surface area contributed by atoms with Crippen molar-refractivity contribution in [2.24, 2.45) is 0 Å². The van der Waals surface area contributed by atoms with Crippen molar-refractivity contribution < 1.29 is 9.63 Å². The molecule has 0 radical (unpaired) electrons. The molecular weight excluding hydrogens is 226 g/mol. The number of carbonyl (C=O) groups excluding carboxylic acids is 1. The van der Waals surface area contributed by atoms with E-state index >= 15 is 0 Å². The van der Waals surface area contributed by atoms with Crippen LogP contribution in [0.2, 0.25) is 5.02 Å². The Balaban J connectivity index is 2.16. The minimum Gasteiger partial charge on any atom is -0.273 e. The fraction of sp³-hybridized carbons (Fsp3) is 0.417. The molecule has 4 heteroatoms. The van der Waals surface area contributed by atoms with Crippen LogP contribution in [-0.4, -0.2) is 17.0 Å². The van der Waals surface area contributed by atoms with E-state index in [4.69, 9.17) is 16.4 Å². The van der Waals surface area contributed by atoms with Crippen molar-refractivity contribution >= 4 is 17.5 Å². The van der Waals surface area contributed by atoms with Crippen LogP contribution in [0.1, 0.15) is 31.9 Å². The van der Waals surface area contributed by atoms with Crippen LogP contribution in [0.4, 0.5) is 0 Å². The van der Waals surface area contributed by atoms with Gasteiger partial charge in [-0.25, -0.2) is 5.06 Å². The molecule has 1 aliphatic rings. The van der Waals surface area contributed by atoms with Gasteiger partial charge in [0.25, 0.3) is 0 Å². The molecular formula is C12H14ClNO2. The van der Waals surface area contributed by atoms with E-state index in [1.54, 1.807) is 0 Å². The first kappa shape index (κ1) is 11.4. The van der Waals surface area contributed by atoms with Crippen molar-refractivity contribution in [3.8, 4) is 0 Å². The van der Waals surface area contributed by atoms with Gasteiger partial charge in [0.2, 0.25) is 5.91 Å². The maximum atomic E-state index is 11.3. The predicted octanol–water partition coefficient (Wildman–Crippen LogP) is 2.95. The summed E-state index contributed by atoms with van der Waals surface area (Å²) in [5, 5.41) is 2.13. The van der Waals surface area contributed by atoms with Crippen molar-refractivity contribution in [1.29, 1.82) is 0 Å². The number of hydrogen-bond acceptors (Lipinski definition) is 2. The summed E-state index contributed by atoms with van der Waals surface area (Å²) in [4.78, 5) is 16.9. The summed E-state index contributed by atoms with van der Waals surface area (Å²) in [6, 6.07) is 7.67. The summed E-state index contributed by atoms with van der Waals surface area (Å²) in [6.45, 7) is 3.49. The molecule has 0 spiro atoms. The first-order valence-corrected chi connectivity index (χ1v) is 5.68. The predicted molar refractivity (Wildman–Crippen MR) is 61.9 cm³/mol. The summed E-state index contributed by atoms with van der Waals surface area (Å²) in [5.74, 6) is -0.0583. The number of benzene rings is 1. The summed E-state index contributed by atoms with van der Waals surface area (Å²) in [7, 11) is 0. The quantitative estimate of drug-likeness (QED) is 0.754. The van der Waals surface area contributed by atoms with Gasteiger partial charge in [-0.15, -0.1) is 0 Å². The van der Waals surface area contributed by atoms with Crippen LogP contribution in [-0.2, 0) is 9.63 Å². The molecule has 2 unspecified atom stereocenters. The number of hydroxylamine groups is 2. The number of nitrogens with zero attached hydrogens (tertiary/aromatic N) is 1. The van der Waals surface area contributed by atoms with Crippen molar-refractivity contribution in [1.82, 2.24) is 5.06 Å². The van der Waals surface area contributed by atoms with Crippen molar-refractivity contribution in [2.45, 2.75) is 32.4 Å². The zero-order valence-corrected chi connectivity index (χ0v) is 10.1. The molecule has 1 amide bonds. The highest BCUT2D eigenvalue weighted by atomic mass is 35.5. The minimum absolute atomic E-state index is 0.0583. The van der Waals surface area contributed by atoms with Gasteiger partial charge < -0.3 is 0 Å². The van der Waals surface area contributed by atoms with Crippen molar-refractivity contribution in [3.05, 3.63) is 34.9 Å². The zero-order chi connectivity index (χ0) is 11.7. The van der Waals surface area contributed by atoms with Gasteiger partial charge in [0.1, 0.15) is 6.10 Å². The van der Waals surface area contributed by atoms with Gasteiger partial charge in [0, 0.05) is 18.4 Å². The summed E-state index contributed by atoms with van der Waals surface area (Å²) in [5.41, 5.74) is 1.02. The fourth-order valence-electron chi connectivity index (χ4n) is 1.98. The summed E-state index contributed by atoms with van der Waals surface area (Å²) >= 11 is 5.92. The van der Waals surface area contributed by atoms with Gasteiger partial charge in [0.15, 0.2) is 0 Å². The molecule has 1 aromatic carbocycles. The van der Waals surface area contributed by atoms with E-state index in [1.807, 2.05) is 31.2 Å². The number of halogens is 1. The van der Waals surface area contributed by atoms with Gasteiger partial charge >= 0.3 is 0 Å². The number of amides is 1. The largest absolute Gasteiger partial charge is 0.273 e. The lowest BCUT2D eigenvalue weighted by atomic mass is 10.0. The molecule has 1 fully saturated rings. The molecule has 1 aliphatic heterocycles. The van der Waals surface area contributed by atoms with E-state index in [1.165, 1.54) is 12.0 Å². The van der Waals surface area contributed by atoms with Crippen LogP contribution in [0, 0.1) is 0 Å². The minimum atomic E-state index is -0.0717. The number of hydrogen-bond donors (Lipinski definition) is 0. The normalized spacial score (nSPS) is 24.8. The van der Waals surface area contributed by atoms with Crippen LogP contribution in [0.3, 0.4) is 0 Å².